The molecular weight excluding hydrogens is 262 g/mol. The number of nitrogens with one attached hydrogen (secondary N) is 1. The molecule has 1 atom stereocenters. The molecule has 0 aliphatic rings. The van der Waals surface area contributed by atoms with Crippen LogP contribution in [0.25, 0.3) is 0 Å². The van der Waals surface area contributed by atoms with E-state index in [4.69, 9.17) is 0 Å². The van der Waals surface area contributed by atoms with Crippen LogP contribution in [0.15, 0.2) is 47.8 Å². The molecule has 0 saturated heterocycles. The fourth-order valence-electron chi connectivity index (χ4n) is 1.72. The Morgan fingerprint density at radius 3 is 2.47 bits per heavy atom. The smallest absolute Gasteiger partial charge is 0.312 e. The van der Waals surface area contributed by atoms with E-state index in [0.29, 0.717) is 10.4 Å². The highest BCUT2D eigenvalue weighted by Crippen LogP contribution is 2.15. The Kier molecular flexibility index (Phi) is 4.30. The van der Waals surface area contributed by atoms with Crippen molar-refractivity contribution in [2.24, 2.45) is 0 Å². The molecule has 0 radical (unpaired) electrons. The molecule has 0 fully saturated rings. The number of carbonyl (C=O) groups excluding carboxylic acids is 1. The van der Waals surface area contributed by atoms with Gasteiger partial charge in [0, 0.05) is 6.54 Å². The minimum absolute atomic E-state index is 0.0794. The number of rotatable bonds is 5. The lowest BCUT2D eigenvalue weighted by molar-refractivity contribution is -0.138. The summed E-state index contributed by atoms with van der Waals surface area (Å²) in [6.45, 7) is 0.0794. The average Bonchev–Trinajstić information content (AvgIpc) is 2.93. The molecule has 0 spiro atoms. The first-order valence-electron chi connectivity index (χ1n) is 5.78. The van der Waals surface area contributed by atoms with Crippen LogP contribution >= 0.6 is 11.3 Å². The van der Waals surface area contributed by atoms with E-state index in [1.54, 1.807) is 41.8 Å². The summed E-state index contributed by atoms with van der Waals surface area (Å²) in [5.74, 6) is -1.92. The monoisotopic (exact) mass is 275 g/mol. The summed E-state index contributed by atoms with van der Waals surface area (Å²) < 4.78 is 0. The summed E-state index contributed by atoms with van der Waals surface area (Å²) in [4.78, 5) is 23.6. The molecule has 0 aliphatic heterocycles. The van der Waals surface area contributed by atoms with E-state index in [1.165, 1.54) is 11.3 Å². The number of aliphatic carboxylic acids is 1. The second-order valence-corrected chi connectivity index (χ2v) is 4.94. The third-order valence-corrected chi connectivity index (χ3v) is 3.58. The predicted octanol–water partition coefficient (Wildman–Crippen LogP) is 2.35. The van der Waals surface area contributed by atoms with Crippen LogP contribution in [-0.2, 0) is 4.79 Å². The zero-order chi connectivity index (χ0) is 13.7. The second kappa shape index (κ2) is 6.15. The molecule has 4 nitrogen and oxygen atoms in total. The van der Waals surface area contributed by atoms with E-state index in [-0.39, 0.29) is 12.5 Å². The zero-order valence-corrected chi connectivity index (χ0v) is 10.9. The molecule has 2 rings (SSSR count). The SMILES string of the molecule is O=C(NC[C@@H](C(=O)O)c1ccccc1)c1cccs1. The lowest BCUT2D eigenvalue weighted by Crippen LogP contribution is -2.31. The summed E-state index contributed by atoms with van der Waals surface area (Å²) in [7, 11) is 0. The third kappa shape index (κ3) is 3.42. The van der Waals surface area contributed by atoms with Gasteiger partial charge in [0.05, 0.1) is 10.8 Å². The van der Waals surface area contributed by atoms with Gasteiger partial charge in [0.15, 0.2) is 0 Å². The molecular formula is C14H13NO3S. The van der Waals surface area contributed by atoms with E-state index >= 15 is 0 Å². The highest BCUT2D eigenvalue weighted by atomic mass is 32.1. The molecule has 2 N–H and O–H groups in total. The van der Waals surface area contributed by atoms with E-state index in [2.05, 4.69) is 5.32 Å². The van der Waals surface area contributed by atoms with Crippen molar-refractivity contribution in [3.8, 4) is 0 Å². The van der Waals surface area contributed by atoms with Crippen LogP contribution in [0.3, 0.4) is 0 Å². The van der Waals surface area contributed by atoms with Crippen molar-refractivity contribution in [2.75, 3.05) is 6.54 Å². The van der Waals surface area contributed by atoms with Crippen LogP contribution in [0, 0.1) is 0 Å². The van der Waals surface area contributed by atoms with Crippen molar-refractivity contribution in [1.82, 2.24) is 5.32 Å². The molecule has 5 heteroatoms. The number of amides is 1. The molecule has 1 aromatic heterocycles. The molecule has 0 bridgehead atoms. The van der Waals surface area contributed by atoms with Crippen molar-refractivity contribution in [3.05, 3.63) is 58.3 Å². The Hall–Kier alpha value is -2.14. The van der Waals surface area contributed by atoms with Crippen molar-refractivity contribution in [3.63, 3.8) is 0 Å². The standard InChI is InChI=1S/C14H13NO3S/c16-13(12-7-4-8-19-12)15-9-11(14(17)18)10-5-2-1-3-6-10/h1-8,11H,9H2,(H,15,16)(H,17,18)/t11-/m1/s1. The fraction of sp³-hybridized carbons (Fsp3) is 0.143. The van der Waals surface area contributed by atoms with Gasteiger partial charge in [-0.15, -0.1) is 11.3 Å². The van der Waals surface area contributed by atoms with Crippen molar-refractivity contribution >= 4 is 23.2 Å². The first-order chi connectivity index (χ1) is 9.18. The molecule has 0 aliphatic carbocycles. The van der Waals surface area contributed by atoms with Gasteiger partial charge in [-0.05, 0) is 17.0 Å². The quantitative estimate of drug-likeness (QED) is 0.880. The van der Waals surface area contributed by atoms with Crippen LogP contribution in [0.4, 0.5) is 0 Å². The van der Waals surface area contributed by atoms with Crippen LogP contribution in [-0.4, -0.2) is 23.5 Å². The number of carboxylic acids is 1. The summed E-state index contributed by atoms with van der Waals surface area (Å²) in [5.41, 5.74) is 0.682. The number of hydrogen-bond donors (Lipinski definition) is 2. The van der Waals surface area contributed by atoms with Crippen LogP contribution in [0.1, 0.15) is 21.2 Å². The molecule has 2 aromatic rings. The first-order valence-corrected chi connectivity index (χ1v) is 6.66. The molecule has 0 unspecified atom stereocenters. The van der Waals surface area contributed by atoms with Crippen molar-refractivity contribution < 1.29 is 14.7 Å². The predicted molar refractivity (Wildman–Crippen MR) is 73.5 cm³/mol. The molecule has 0 saturated carbocycles. The second-order valence-electron chi connectivity index (χ2n) is 3.99. The third-order valence-electron chi connectivity index (χ3n) is 2.71. The van der Waals surface area contributed by atoms with Gasteiger partial charge in [0.1, 0.15) is 0 Å². The number of carboxylic acid groups (broad SMARTS) is 1. The molecule has 1 amide bonds. The number of benzene rings is 1. The first kappa shape index (κ1) is 13.3. The van der Waals surface area contributed by atoms with Crippen LogP contribution in [0.5, 0.6) is 0 Å². The van der Waals surface area contributed by atoms with E-state index in [1.807, 2.05) is 6.07 Å². The molecule has 19 heavy (non-hydrogen) atoms. The zero-order valence-electron chi connectivity index (χ0n) is 10.1. The van der Waals surface area contributed by atoms with E-state index in [9.17, 15) is 14.7 Å². The molecule has 98 valence electrons. The molecule has 1 aromatic carbocycles. The van der Waals surface area contributed by atoms with E-state index in [0.717, 1.165) is 0 Å². The minimum Gasteiger partial charge on any atom is -0.481 e. The topological polar surface area (TPSA) is 66.4 Å². The van der Waals surface area contributed by atoms with Crippen LogP contribution in [0.2, 0.25) is 0 Å². The number of carbonyl (C=O) groups is 2. The van der Waals surface area contributed by atoms with Gasteiger partial charge in [0.2, 0.25) is 0 Å². The Labute approximate surface area is 114 Å². The van der Waals surface area contributed by atoms with Gasteiger partial charge in [-0.3, -0.25) is 9.59 Å². The molecule has 1 heterocycles. The maximum atomic E-state index is 11.8. The summed E-state index contributed by atoms with van der Waals surface area (Å²) in [5, 5.41) is 13.7. The highest BCUT2D eigenvalue weighted by molar-refractivity contribution is 7.12. The number of thiophene rings is 1. The Morgan fingerprint density at radius 1 is 1.16 bits per heavy atom. The Morgan fingerprint density at radius 2 is 1.89 bits per heavy atom. The van der Waals surface area contributed by atoms with Gasteiger partial charge in [0.25, 0.3) is 5.91 Å². The fourth-order valence-corrected chi connectivity index (χ4v) is 2.36. The Bertz CT molecular complexity index is 551. The van der Waals surface area contributed by atoms with Gasteiger partial charge in [-0.25, -0.2) is 0 Å². The minimum atomic E-state index is -0.947. The van der Waals surface area contributed by atoms with Gasteiger partial charge >= 0.3 is 5.97 Å². The maximum absolute atomic E-state index is 11.8. The average molecular weight is 275 g/mol. The number of hydrogen-bond acceptors (Lipinski definition) is 3. The normalized spacial score (nSPS) is 11.8. The van der Waals surface area contributed by atoms with Crippen molar-refractivity contribution in [2.45, 2.75) is 5.92 Å². The van der Waals surface area contributed by atoms with Gasteiger partial charge in [-0.2, -0.15) is 0 Å². The summed E-state index contributed by atoms with van der Waals surface area (Å²) >= 11 is 1.33. The van der Waals surface area contributed by atoms with Gasteiger partial charge < -0.3 is 10.4 Å². The van der Waals surface area contributed by atoms with Crippen LogP contribution < -0.4 is 5.32 Å². The van der Waals surface area contributed by atoms with Gasteiger partial charge in [-0.1, -0.05) is 36.4 Å². The highest BCUT2D eigenvalue weighted by Gasteiger charge is 2.20. The summed E-state index contributed by atoms with van der Waals surface area (Å²) in [6, 6.07) is 12.4. The lowest BCUT2D eigenvalue weighted by atomic mass is 9.99. The van der Waals surface area contributed by atoms with E-state index < -0.39 is 11.9 Å². The largest absolute Gasteiger partial charge is 0.481 e. The maximum Gasteiger partial charge on any atom is 0.312 e. The Balaban J connectivity index is 2.03. The summed E-state index contributed by atoms with van der Waals surface area (Å²) in [6.07, 6.45) is 0. The lowest BCUT2D eigenvalue weighted by Gasteiger charge is -2.13. The van der Waals surface area contributed by atoms with Crippen molar-refractivity contribution in [1.29, 1.82) is 0 Å².